The summed E-state index contributed by atoms with van der Waals surface area (Å²) in [6.45, 7) is 1.93. The normalized spacial score (nSPS) is 11.2. The molecular weight excluding hydrogens is 329 g/mol. The van der Waals surface area contributed by atoms with E-state index in [1.54, 1.807) is 43.3 Å². The lowest BCUT2D eigenvalue weighted by Gasteiger charge is -2.07. The molecule has 0 aliphatic carbocycles. The summed E-state index contributed by atoms with van der Waals surface area (Å²) in [4.78, 5) is 12.1. The fourth-order valence-corrected chi connectivity index (χ4v) is 3.10. The third-order valence-corrected chi connectivity index (χ3v) is 5.43. The highest BCUT2D eigenvalue weighted by Gasteiger charge is 2.11. The highest BCUT2D eigenvalue weighted by Crippen LogP contribution is 2.12. The molecule has 0 saturated heterocycles. The Morgan fingerprint density at radius 2 is 1.79 bits per heavy atom. The van der Waals surface area contributed by atoms with Gasteiger partial charge in [0, 0.05) is 13.0 Å². The molecule has 0 aliphatic heterocycles. The summed E-state index contributed by atoms with van der Waals surface area (Å²) in [6, 6.07) is 12.7. The van der Waals surface area contributed by atoms with E-state index in [1.165, 1.54) is 12.1 Å². The smallest absolute Gasteiger partial charge is 0.220 e. The van der Waals surface area contributed by atoms with Crippen LogP contribution in [0.1, 0.15) is 24.5 Å². The van der Waals surface area contributed by atoms with Crippen molar-refractivity contribution in [3.05, 3.63) is 65.5 Å². The van der Waals surface area contributed by atoms with Gasteiger partial charge in [-0.1, -0.05) is 31.2 Å². The van der Waals surface area contributed by atoms with E-state index in [0.717, 1.165) is 11.1 Å². The summed E-state index contributed by atoms with van der Waals surface area (Å²) in [7, 11) is -3.21. The number of sulfone groups is 1. The van der Waals surface area contributed by atoms with Crippen molar-refractivity contribution in [3.63, 3.8) is 0 Å². The van der Waals surface area contributed by atoms with Crippen molar-refractivity contribution in [1.29, 1.82) is 0 Å². The first kappa shape index (κ1) is 18.1. The first-order valence-corrected chi connectivity index (χ1v) is 9.39. The Kier molecular flexibility index (Phi) is 6.09. The summed E-state index contributed by atoms with van der Waals surface area (Å²) < 4.78 is 36.5. The first-order valence-electron chi connectivity index (χ1n) is 7.73. The molecule has 0 aromatic heterocycles. The molecule has 24 heavy (non-hydrogen) atoms. The average molecular weight is 349 g/mol. The van der Waals surface area contributed by atoms with Gasteiger partial charge >= 0.3 is 0 Å². The maximum absolute atomic E-state index is 13.1. The number of carbonyl (C=O) groups is 1. The van der Waals surface area contributed by atoms with E-state index in [1.807, 2.05) is 0 Å². The van der Waals surface area contributed by atoms with E-state index >= 15 is 0 Å². The standard InChI is InChI=1S/C18H20FNO3S/c1-2-24(22,23)17-9-6-15(7-10-17)13-20-18(21)11-8-14-4-3-5-16(19)12-14/h3-7,9-10,12H,2,8,11,13H2,1H3,(H,20,21). The molecule has 0 radical (unpaired) electrons. The third-order valence-electron chi connectivity index (χ3n) is 3.68. The number of halogens is 1. The monoisotopic (exact) mass is 349 g/mol. The Bertz CT molecular complexity index is 801. The summed E-state index contributed by atoms with van der Waals surface area (Å²) >= 11 is 0. The molecule has 128 valence electrons. The van der Waals surface area contributed by atoms with Crippen LogP contribution < -0.4 is 5.32 Å². The van der Waals surface area contributed by atoms with Crippen molar-refractivity contribution in [3.8, 4) is 0 Å². The lowest BCUT2D eigenvalue weighted by Crippen LogP contribution is -2.23. The van der Waals surface area contributed by atoms with Crippen LogP contribution in [0.2, 0.25) is 0 Å². The van der Waals surface area contributed by atoms with E-state index in [2.05, 4.69) is 5.32 Å². The molecule has 0 bridgehead atoms. The second-order valence-corrected chi connectivity index (χ2v) is 7.73. The average Bonchev–Trinajstić information content (AvgIpc) is 2.58. The van der Waals surface area contributed by atoms with Crippen LogP contribution in [-0.2, 0) is 27.6 Å². The molecule has 0 aliphatic rings. The maximum Gasteiger partial charge on any atom is 0.220 e. The number of rotatable bonds is 7. The van der Waals surface area contributed by atoms with Gasteiger partial charge in [-0.05, 0) is 41.8 Å². The number of aryl methyl sites for hydroxylation is 1. The van der Waals surface area contributed by atoms with Gasteiger partial charge in [0.2, 0.25) is 5.91 Å². The molecule has 1 N–H and O–H groups in total. The van der Waals surface area contributed by atoms with Crippen molar-refractivity contribution in [2.45, 2.75) is 31.2 Å². The van der Waals surface area contributed by atoms with Crippen LogP contribution in [0, 0.1) is 5.82 Å². The van der Waals surface area contributed by atoms with Gasteiger partial charge in [-0.2, -0.15) is 0 Å². The van der Waals surface area contributed by atoms with Gasteiger partial charge in [0.1, 0.15) is 5.82 Å². The molecule has 2 aromatic carbocycles. The first-order chi connectivity index (χ1) is 11.4. The zero-order chi connectivity index (χ0) is 17.6. The van der Waals surface area contributed by atoms with Gasteiger partial charge in [-0.3, -0.25) is 4.79 Å². The predicted octanol–water partition coefficient (Wildman–Crippen LogP) is 2.87. The zero-order valence-corrected chi connectivity index (χ0v) is 14.3. The van der Waals surface area contributed by atoms with E-state index < -0.39 is 9.84 Å². The predicted molar refractivity (Wildman–Crippen MR) is 90.7 cm³/mol. The largest absolute Gasteiger partial charge is 0.352 e. The molecule has 0 fully saturated rings. The third kappa shape index (κ3) is 5.16. The van der Waals surface area contributed by atoms with E-state index in [-0.39, 0.29) is 28.8 Å². The van der Waals surface area contributed by atoms with Gasteiger partial charge in [0.15, 0.2) is 9.84 Å². The lowest BCUT2D eigenvalue weighted by atomic mass is 10.1. The second kappa shape index (κ2) is 8.06. The van der Waals surface area contributed by atoms with Crippen LogP contribution in [0.15, 0.2) is 53.4 Å². The van der Waals surface area contributed by atoms with E-state index in [0.29, 0.717) is 13.0 Å². The minimum atomic E-state index is -3.21. The van der Waals surface area contributed by atoms with Crippen molar-refractivity contribution in [2.24, 2.45) is 0 Å². The molecule has 2 aromatic rings. The van der Waals surface area contributed by atoms with Crippen molar-refractivity contribution >= 4 is 15.7 Å². The Labute approximate surface area is 141 Å². The Hall–Kier alpha value is -2.21. The Morgan fingerprint density at radius 1 is 1.08 bits per heavy atom. The summed E-state index contributed by atoms with van der Waals surface area (Å²) in [5.41, 5.74) is 1.60. The quantitative estimate of drug-likeness (QED) is 0.836. The highest BCUT2D eigenvalue weighted by atomic mass is 32.2. The molecule has 0 heterocycles. The number of amides is 1. The van der Waals surface area contributed by atoms with Gasteiger partial charge < -0.3 is 5.32 Å². The second-order valence-electron chi connectivity index (χ2n) is 5.45. The number of benzene rings is 2. The molecule has 1 amide bonds. The lowest BCUT2D eigenvalue weighted by molar-refractivity contribution is -0.121. The molecule has 0 unspecified atom stereocenters. The fourth-order valence-electron chi connectivity index (χ4n) is 2.22. The number of hydrogen-bond acceptors (Lipinski definition) is 3. The SMILES string of the molecule is CCS(=O)(=O)c1ccc(CNC(=O)CCc2cccc(F)c2)cc1. The number of nitrogens with one attached hydrogen (secondary N) is 1. The molecule has 4 nitrogen and oxygen atoms in total. The minimum absolute atomic E-state index is 0.0587. The molecule has 0 spiro atoms. The molecule has 6 heteroatoms. The van der Waals surface area contributed by atoms with Crippen LogP contribution in [0.25, 0.3) is 0 Å². The number of hydrogen-bond donors (Lipinski definition) is 1. The van der Waals surface area contributed by atoms with Crippen molar-refractivity contribution in [1.82, 2.24) is 5.32 Å². The van der Waals surface area contributed by atoms with Crippen molar-refractivity contribution < 1.29 is 17.6 Å². The summed E-state index contributed by atoms with van der Waals surface area (Å²) in [5.74, 6) is -0.386. The van der Waals surface area contributed by atoms with Crippen molar-refractivity contribution in [2.75, 3.05) is 5.75 Å². The number of carbonyl (C=O) groups excluding carboxylic acids is 1. The van der Waals surface area contributed by atoms with E-state index in [9.17, 15) is 17.6 Å². The Morgan fingerprint density at radius 3 is 2.42 bits per heavy atom. The highest BCUT2D eigenvalue weighted by molar-refractivity contribution is 7.91. The zero-order valence-electron chi connectivity index (χ0n) is 13.5. The Balaban J connectivity index is 1.83. The summed E-state index contributed by atoms with van der Waals surface area (Å²) in [5, 5.41) is 2.77. The molecule has 0 saturated carbocycles. The summed E-state index contributed by atoms with van der Waals surface area (Å²) in [6.07, 6.45) is 0.739. The maximum atomic E-state index is 13.1. The van der Waals surface area contributed by atoms with Crippen LogP contribution in [-0.4, -0.2) is 20.1 Å². The van der Waals surface area contributed by atoms with Crippen LogP contribution in [0.5, 0.6) is 0 Å². The molecule has 0 atom stereocenters. The van der Waals surface area contributed by atoms with Gasteiger partial charge in [-0.25, -0.2) is 12.8 Å². The van der Waals surface area contributed by atoms with Crippen LogP contribution in [0.3, 0.4) is 0 Å². The van der Waals surface area contributed by atoms with Crippen LogP contribution in [0.4, 0.5) is 4.39 Å². The molecular formula is C18H20FNO3S. The molecule has 2 rings (SSSR count). The topological polar surface area (TPSA) is 63.2 Å². The van der Waals surface area contributed by atoms with E-state index in [4.69, 9.17) is 0 Å². The van der Waals surface area contributed by atoms with Gasteiger partial charge in [-0.15, -0.1) is 0 Å². The fraction of sp³-hybridized carbons (Fsp3) is 0.278. The minimum Gasteiger partial charge on any atom is -0.352 e. The van der Waals surface area contributed by atoms with Crippen LogP contribution >= 0.6 is 0 Å². The van der Waals surface area contributed by atoms with Gasteiger partial charge in [0.05, 0.1) is 10.6 Å². The van der Waals surface area contributed by atoms with Gasteiger partial charge in [0.25, 0.3) is 0 Å².